The summed E-state index contributed by atoms with van der Waals surface area (Å²) in [6, 6.07) is 12.1. The number of hydrogen-bond acceptors (Lipinski definition) is 6. The van der Waals surface area contributed by atoms with Gasteiger partial charge in [-0.3, -0.25) is 10.2 Å². The van der Waals surface area contributed by atoms with Gasteiger partial charge in [0.2, 0.25) is 0 Å². The van der Waals surface area contributed by atoms with E-state index >= 15 is 0 Å². The summed E-state index contributed by atoms with van der Waals surface area (Å²) in [5.74, 6) is 1.60. The SMILES string of the molecule is COC(=O)NCCOCCOc1cc2cc3c(Nc4cccc(F)c4)[nH][nH]c-3c2cc1OC. The van der Waals surface area contributed by atoms with Crippen LogP contribution in [0.4, 0.5) is 20.7 Å². The second-order valence-electron chi connectivity index (χ2n) is 7.16. The monoisotopic (exact) mass is 456 g/mol. The normalized spacial score (nSPS) is 11.0. The molecule has 1 aliphatic heterocycles. The van der Waals surface area contributed by atoms with Crippen LogP contribution in [-0.4, -0.2) is 56.9 Å². The summed E-state index contributed by atoms with van der Waals surface area (Å²) < 4.78 is 34.8. The quantitative estimate of drug-likeness (QED) is 0.266. The van der Waals surface area contributed by atoms with E-state index in [-0.39, 0.29) is 5.82 Å². The van der Waals surface area contributed by atoms with Crippen molar-refractivity contribution >= 4 is 28.4 Å². The number of amides is 1. The minimum atomic E-state index is -0.495. The van der Waals surface area contributed by atoms with Crippen LogP contribution in [-0.2, 0) is 9.47 Å². The van der Waals surface area contributed by atoms with Crippen molar-refractivity contribution in [2.45, 2.75) is 0 Å². The maximum absolute atomic E-state index is 13.5. The van der Waals surface area contributed by atoms with Crippen LogP contribution in [0.3, 0.4) is 0 Å². The summed E-state index contributed by atoms with van der Waals surface area (Å²) in [5, 5.41) is 13.9. The number of anilines is 2. The number of benzene rings is 2. The highest BCUT2D eigenvalue weighted by atomic mass is 19.1. The Morgan fingerprint density at radius 2 is 1.91 bits per heavy atom. The van der Waals surface area contributed by atoms with Crippen LogP contribution >= 0.6 is 0 Å². The van der Waals surface area contributed by atoms with Gasteiger partial charge in [0.15, 0.2) is 11.5 Å². The Kier molecular flexibility index (Phi) is 6.84. The number of nitrogens with one attached hydrogen (secondary N) is 4. The summed E-state index contributed by atoms with van der Waals surface area (Å²) in [6.07, 6.45) is -0.495. The summed E-state index contributed by atoms with van der Waals surface area (Å²) in [4.78, 5) is 11.0. The van der Waals surface area contributed by atoms with Crippen LogP contribution in [0.25, 0.3) is 22.0 Å². The third-order valence-electron chi connectivity index (χ3n) is 5.04. The van der Waals surface area contributed by atoms with Crippen molar-refractivity contribution in [1.82, 2.24) is 15.5 Å². The molecule has 0 unspecified atom stereocenters. The fourth-order valence-corrected chi connectivity index (χ4v) is 3.50. The Labute approximate surface area is 189 Å². The second kappa shape index (κ2) is 10.1. The molecule has 0 radical (unpaired) electrons. The Morgan fingerprint density at radius 1 is 1.03 bits per heavy atom. The first-order valence-corrected chi connectivity index (χ1v) is 10.3. The fourth-order valence-electron chi connectivity index (χ4n) is 3.50. The van der Waals surface area contributed by atoms with Crippen molar-refractivity contribution in [3.8, 4) is 22.8 Å². The van der Waals surface area contributed by atoms with Crippen LogP contribution < -0.4 is 20.1 Å². The topological polar surface area (TPSA) is 110 Å². The van der Waals surface area contributed by atoms with Gasteiger partial charge in [-0.2, -0.15) is 0 Å². The third-order valence-corrected chi connectivity index (χ3v) is 5.04. The molecule has 0 aromatic heterocycles. The Hall–Kier alpha value is -3.92. The first-order chi connectivity index (χ1) is 16.1. The lowest BCUT2D eigenvalue weighted by Gasteiger charge is -2.11. The van der Waals surface area contributed by atoms with Crippen LogP contribution in [0.1, 0.15) is 0 Å². The second-order valence-corrected chi connectivity index (χ2v) is 7.16. The average Bonchev–Trinajstić information content (AvgIpc) is 3.36. The van der Waals surface area contributed by atoms with Crippen LogP contribution in [0.15, 0.2) is 42.5 Å². The predicted molar refractivity (Wildman–Crippen MR) is 122 cm³/mol. The first-order valence-electron chi connectivity index (χ1n) is 10.3. The largest absolute Gasteiger partial charge is 0.493 e. The Bertz CT molecular complexity index is 1200. The molecule has 33 heavy (non-hydrogen) atoms. The molecule has 0 saturated heterocycles. The zero-order valence-corrected chi connectivity index (χ0v) is 18.3. The number of aromatic amines is 2. The molecule has 0 atom stereocenters. The number of H-pyrrole nitrogens is 2. The molecule has 9 nitrogen and oxygen atoms in total. The molecule has 1 heterocycles. The summed E-state index contributed by atoms with van der Waals surface area (Å²) in [5.41, 5.74) is 2.46. The maximum Gasteiger partial charge on any atom is 0.406 e. The molecule has 1 aliphatic carbocycles. The number of methoxy groups -OCH3 is 2. The van der Waals surface area contributed by atoms with E-state index in [9.17, 15) is 9.18 Å². The number of halogens is 1. The van der Waals surface area contributed by atoms with E-state index in [0.29, 0.717) is 43.6 Å². The van der Waals surface area contributed by atoms with Gasteiger partial charge in [0, 0.05) is 23.2 Å². The zero-order valence-electron chi connectivity index (χ0n) is 18.3. The third kappa shape index (κ3) is 5.12. The lowest BCUT2D eigenvalue weighted by atomic mass is 10.2. The van der Waals surface area contributed by atoms with Gasteiger partial charge < -0.3 is 29.6 Å². The van der Waals surface area contributed by atoms with Crippen molar-refractivity contribution in [3.05, 3.63) is 48.3 Å². The highest BCUT2D eigenvalue weighted by molar-refractivity contribution is 6.05. The number of aromatic nitrogens is 2. The van der Waals surface area contributed by atoms with Gasteiger partial charge in [-0.05, 0) is 41.8 Å². The molecule has 1 amide bonds. The van der Waals surface area contributed by atoms with Crippen LogP contribution in [0.5, 0.6) is 11.5 Å². The van der Waals surface area contributed by atoms with Crippen molar-refractivity contribution in [1.29, 1.82) is 0 Å². The number of rotatable bonds is 10. The molecule has 4 rings (SSSR count). The number of fused-ring (bicyclic) bond motifs is 3. The lowest BCUT2D eigenvalue weighted by Crippen LogP contribution is -2.27. The number of carbonyl (C=O) groups excluding carboxylic acids is 1. The van der Waals surface area contributed by atoms with E-state index < -0.39 is 6.09 Å². The molecule has 0 fully saturated rings. The molecule has 10 heteroatoms. The number of carbonyl (C=O) groups is 1. The van der Waals surface area contributed by atoms with Crippen LogP contribution in [0, 0.1) is 5.82 Å². The lowest BCUT2D eigenvalue weighted by molar-refractivity contribution is 0.0986. The van der Waals surface area contributed by atoms with Crippen molar-refractivity contribution in [2.24, 2.45) is 0 Å². The molecule has 2 aliphatic rings. The first kappa shape index (κ1) is 22.3. The number of alkyl carbamates (subject to hydrolysis) is 1. The Morgan fingerprint density at radius 3 is 2.70 bits per heavy atom. The smallest absolute Gasteiger partial charge is 0.406 e. The van der Waals surface area contributed by atoms with E-state index in [1.807, 2.05) is 18.2 Å². The molecule has 0 saturated carbocycles. The summed E-state index contributed by atoms with van der Waals surface area (Å²) in [7, 11) is 2.89. The highest BCUT2D eigenvalue weighted by Gasteiger charge is 2.19. The predicted octanol–water partition coefficient (Wildman–Crippen LogP) is 4.24. The molecule has 2 aromatic carbocycles. The minimum absolute atomic E-state index is 0.310. The molecule has 2 aromatic rings. The van der Waals surface area contributed by atoms with Gasteiger partial charge in [0.1, 0.15) is 18.2 Å². The van der Waals surface area contributed by atoms with Gasteiger partial charge >= 0.3 is 6.09 Å². The molecule has 174 valence electrons. The van der Waals surface area contributed by atoms with E-state index in [1.54, 1.807) is 19.2 Å². The standard InChI is InChI=1S/C23H25FN4O5/c1-30-19-13-17-14(11-20(19)33-9-8-32-7-6-25-23(29)31-2)10-18-21(17)27-28-22(18)26-16-5-3-4-15(24)12-16/h3-5,10-13,26-28H,6-9H2,1-2H3,(H,25,29). The van der Waals surface area contributed by atoms with Crippen molar-refractivity contribution in [2.75, 3.05) is 45.9 Å². The molecule has 4 N–H and O–H groups in total. The van der Waals surface area contributed by atoms with Crippen molar-refractivity contribution < 1.29 is 28.1 Å². The molecule has 0 bridgehead atoms. The highest BCUT2D eigenvalue weighted by Crippen LogP contribution is 2.42. The number of hydrogen-bond donors (Lipinski definition) is 4. The molecule has 0 spiro atoms. The number of ether oxygens (including phenoxy) is 4. The van der Waals surface area contributed by atoms with Crippen molar-refractivity contribution in [3.63, 3.8) is 0 Å². The summed E-state index contributed by atoms with van der Waals surface area (Å²) >= 11 is 0. The van der Waals surface area contributed by atoms with E-state index in [4.69, 9.17) is 14.2 Å². The van der Waals surface area contributed by atoms with Gasteiger partial charge in [-0.15, -0.1) is 0 Å². The van der Waals surface area contributed by atoms with Gasteiger partial charge in [-0.25, -0.2) is 9.18 Å². The van der Waals surface area contributed by atoms with E-state index in [1.165, 1.54) is 19.2 Å². The average molecular weight is 456 g/mol. The van der Waals surface area contributed by atoms with E-state index in [0.717, 1.165) is 27.8 Å². The van der Waals surface area contributed by atoms with Crippen LogP contribution in [0.2, 0.25) is 0 Å². The van der Waals surface area contributed by atoms with Gasteiger partial charge in [-0.1, -0.05) is 6.07 Å². The van der Waals surface area contributed by atoms with E-state index in [2.05, 4.69) is 25.6 Å². The zero-order chi connectivity index (χ0) is 23.2. The summed E-state index contributed by atoms with van der Waals surface area (Å²) in [6.45, 7) is 1.37. The fraction of sp³-hybridized carbons (Fsp3) is 0.261. The maximum atomic E-state index is 13.5. The Balaban J connectivity index is 1.43. The van der Waals surface area contributed by atoms with Gasteiger partial charge in [0.25, 0.3) is 0 Å². The molecular formula is C23H25FN4O5. The molecular weight excluding hydrogens is 431 g/mol. The van der Waals surface area contributed by atoms with Gasteiger partial charge in [0.05, 0.1) is 33.1 Å². The minimum Gasteiger partial charge on any atom is -0.493 e.